The van der Waals surface area contributed by atoms with Crippen LogP contribution in [0.25, 0.3) is 0 Å². The largest absolute Gasteiger partial charge is 0.492 e. The first kappa shape index (κ1) is 17.0. The third kappa shape index (κ3) is 4.54. The third-order valence-corrected chi connectivity index (χ3v) is 5.40. The lowest BCUT2D eigenvalue weighted by molar-refractivity contribution is 0.191. The van der Waals surface area contributed by atoms with Crippen molar-refractivity contribution in [3.63, 3.8) is 0 Å². The molecule has 0 heterocycles. The van der Waals surface area contributed by atoms with E-state index in [9.17, 15) is 0 Å². The number of hydrogen-bond donors (Lipinski definition) is 0. The van der Waals surface area contributed by atoms with Crippen LogP contribution < -0.4 is 9.83 Å². The van der Waals surface area contributed by atoms with Crippen LogP contribution in [0.2, 0.25) is 0 Å². The molecule has 0 aliphatic carbocycles. The van der Waals surface area contributed by atoms with Crippen LogP contribution in [0.3, 0.4) is 0 Å². The van der Waals surface area contributed by atoms with Crippen LogP contribution >= 0.6 is 7.94 Å². The van der Waals surface area contributed by atoms with Gasteiger partial charge in [0, 0.05) is 0 Å². The minimum absolute atomic E-state index is 0.610. The molecule has 2 rings (SSSR count). The van der Waals surface area contributed by atoms with Crippen molar-refractivity contribution >= 4 is 13.2 Å². The molecule has 0 bridgehead atoms. The van der Waals surface area contributed by atoms with Gasteiger partial charge in [0.25, 0.3) is 0 Å². The molecular formula is C18H24O3P+. The molecule has 4 heteroatoms. The standard InChI is InChI=1S/C18H24O3P/c1-3-15-19-22(20-16-4-2,18-13-9-6-10-14-18)21-17-11-7-5-8-12-17/h5-14H,3-4,15-16H2,1-2H3/q+1. The first-order valence-electron chi connectivity index (χ1n) is 7.79. The lowest BCUT2D eigenvalue weighted by atomic mass is 10.3. The van der Waals surface area contributed by atoms with E-state index in [0.717, 1.165) is 23.9 Å². The summed E-state index contributed by atoms with van der Waals surface area (Å²) in [6.07, 6.45) is 1.84. The molecule has 22 heavy (non-hydrogen) atoms. The van der Waals surface area contributed by atoms with Gasteiger partial charge in [-0.05, 0) is 37.1 Å². The molecule has 0 saturated carbocycles. The summed E-state index contributed by atoms with van der Waals surface area (Å²) in [5.41, 5.74) is 0. The average molecular weight is 319 g/mol. The van der Waals surface area contributed by atoms with Gasteiger partial charge in [0.2, 0.25) is 0 Å². The van der Waals surface area contributed by atoms with Crippen LogP contribution in [0.4, 0.5) is 0 Å². The summed E-state index contributed by atoms with van der Waals surface area (Å²) in [6, 6.07) is 19.7. The summed E-state index contributed by atoms with van der Waals surface area (Å²) in [5.74, 6) is 0.770. The Balaban J connectivity index is 2.34. The van der Waals surface area contributed by atoms with E-state index < -0.39 is 7.94 Å². The lowest BCUT2D eigenvalue weighted by Crippen LogP contribution is -2.22. The van der Waals surface area contributed by atoms with Gasteiger partial charge in [0.05, 0.1) is 13.2 Å². The van der Waals surface area contributed by atoms with Gasteiger partial charge in [0.1, 0.15) is 0 Å². The zero-order valence-electron chi connectivity index (χ0n) is 13.3. The smallest absolute Gasteiger partial charge is 0.281 e. The van der Waals surface area contributed by atoms with Crippen molar-refractivity contribution in [1.82, 2.24) is 0 Å². The fraction of sp³-hybridized carbons (Fsp3) is 0.333. The van der Waals surface area contributed by atoms with E-state index in [0.29, 0.717) is 13.2 Å². The maximum Gasteiger partial charge on any atom is 0.492 e. The second kappa shape index (κ2) is 8.89. The first-order chi connectivity index (χ1) is 10.8. The third-order valence-electron chi connectivity index (χ3n) is 2.97. The van der Waals surface area contributed by atoms with Gasteiger partial charge in [-0.1, -0.05) is 50.2 Å². The Hall–Kier alpha value is -1.41. The molecule has 0 aliphatic rings. The maximum atomic E-state index is 6.26. The molecule has 0 spiro atoms. The summed E-state index contributed by atoms with van der Waals surface area (Å²) in [6.45, 7) is 5.39. The number of para-hydroxylation sites is 1. The van der Waals surface area contributed by atoms with Crippen molar-refractivity contribution in [2.45, 2.75) is 26.7 Å². The van der Waals surface area contributed by atoms with Crippen LogP contribution in [0, 0.1) is 0 Å². The molecule has 0 atom stereocenters. The van der Waals surface area contributed by atoms with Crippen molar-refractivity contribution in [1.29, 1.82) is 0 Å². The van der Waals surface area contributed by atoms with Crippen LogP contribution in [0.5, 0.6) is 5.75 Å². The fourth-order valence-corrected chi connectivity index (χ4v) is 4.31. The summed E-state index contributed by atoms with van der Waals surface area (Å²) in [7, 11) is -2.60. The van der Waals surface area contributed by atoms with Crippen molar-refractivity contribution in [3.8, 4) is 5.75 Å². The number of rotatable bonds is 9. The molecule has 0 saturated heterocycles. The molecular weight excluding hydrogens is 295 g/mol. The maximum absolute atomic E-state index is 6.26. The van der Waals surface area contributed by atoms with Crippen LogP contribution in [0.15, 0.2) is 60.7 Å². The van der Waals surface area contributed by atoms with E-state index in [1.54, 1.807) is 0 Å². The minimum atomic E-state index is -2.60. The highest BCUT2D eigenvalue weighted by Crippen LogP contribution is 2.60. The molecule has 3 nitrogen and oxygen atoms in total. The Morgan fingerprint density at radius 3 is 1.73 bits per heavy atom. The summed E-state index contributed by atoms with van der Waals surface area (Å²) in [4.78, 5) is 0. The Morgan fingerprint density at radius 2 is 1.23 bits per heavy atom. The molecule has 0 amide bonds. The first-order valence-corrected chi connectivity index (χ1v) is 9.33. The molecule has 0 fully saturated rings. The van der Waals surface area contributed by atoms with Crippen LogP contribution in [-0.4, -0.2) is 13.2 Å². The summed E-state index contributed by atoms with van der Waals surface area (Å²) < 4.78 is 18.5. The molecule has 2 aromatic rings. The summed E-state index contributed by atoms with van der Waals surface area (Å²) >= 11 is 0. The molecule has 0 aliphatic heterocycles. The Morgan fingerprint density at radius 1 is 0.727 bits per heavy atom. The molecule has 0 unspecified atom stereocenters. The monoisotopic (exact) mass is 319 g/mol. The zero-order valence-corrected chi connectivity index (χ0v) is 14.2. The normalized spacial score (nSPS) is 11.4. The van der Waals surface area contributed by atoms with Gasteiger partial charge in [-0.3, -0.25) is 4.52 Å². The van der Waals surface area contributed by atoms with Crippen molar-refractivity contribution in [2.24, 2.45) is 0 Å². The van der Waals surface area contributed by atoms with Gasteiger partial charge in [-0.2, -0.15) is 9.05 Å². The van der Waals surface area contributed by atoms with E-state index in [-0.39, 0.29) is 0 Å². The second-order valence-electron chi connectivity index (χ2n) is 4.90. The highest BCUT2D eigenvalue weighted by molar-refractivity contribution is 7.69. The zero-order chi connectivity index (χ0) is 15.7. The number of benzene rings is 2. The van der Waals surface area contributed by atoms with Crippen molar-refractivity contribution in [2.75, 3.05) is 13.2 Å². The second-order valence-corrected chi connectivity index (χ2v) is 7.11. The van der Waals surface area contributed by atoms with E-state index in [1.165, 1.54) is 0 Å². The quantitative estimate of drug-likeness (QED) is 0.608. The molecule has 2 aromatic carbocycles. The predicted octanol–water partition coefficient (Wildman–Crippen LogP) is 5.01. The highest BCUT2D eigenvalue weighted by Gasteiger charge is 2.49. The topological polar surface area (TPSA) is 27.7 Å². The Labute approximate surface area is 133 Å². The molecule has 0 radical (unpaired) electrons. The van der Waals surface area contributed by atoms with E-state index in [4.69, 9.17) is 13.6 Å². The Kier molecular flexibility index (Phi) is 6.85. The Bertz CT molecular complexity index is 523. The van der Waals surface area contributed by atoms with Gasteiger partial charge < -0.3 is 0 Å². The number of hydrogen-bond acceptors (Lipinski definition) is 3. The average Bonchev–Trinajstić information content (AvgIpc) is 2.59. The fourth-order valence-electron chi connectivity index (χ4n) is 1.95. The van der Waals surface area contributed by atoms with Gasteiger partial charge in [0.15, 0.2) is 11.1 Å². The summed E-state index contributed by atoms with van der Waals surface area (Å²) in [5, 5.41) is 0.973. The van der Waals surface area contributed by atoms with Crippen LogP contribution in [-0.2, 0) is 9.05 Å². The minimum Gasteiger partial charge on any atom is -0.281 e. The lowest BCUT2D eigenvalue weighted by Gasteiger charge is -2.22. The van der Waals surface area contributed by atoms with Gasteiger partial charge in [-0.25, -0.2) is 0 Å². The van der Waals surface area contributed by atoms with Crippen molar-refractivity contribution < 1.29 is 13.6 Å². The van der Waals surface area contributed by atoms with E-state index >= 15 is 0 Å². The molecule has 0 aromatic heterocycles. The van der Waals surface area contributed by atoms with E-state index in [2.05, 4.69) is 13.8 Å². The molecule has 118 valence electrons. The predicted molar refractivity (Wildman–Crippen MR) is 92.6 cm³/mol. The van der Waals surface area contributed by atoms with E-state index in [1.807, 2.05) is 60.7 Å². The SMILES string of the molecule is CCCO[P+](OCCC)(Oc1ccccc1)c1ccccc1. The molecule has 0 N–H and O–H groups in total. The van der Waals surface area contributed by atoms with Gasteiger partial charge in [-0.15, -0.1) is 0 Å². The van der Waals surface area contributed by atoms with Crippen molar-refractivity contribution in [3.05, 3.63) is 60.7 Å². The van der Waals surface area contributed by atoms with Crippen LogP contribution in [0.1, 0.15) is 26.7 Å². The van der Waals surface area contributed by atoms with Gasteiger partial charge >= 0.3 is 7.94 Å². The highest BCUT2D eigenvalue weighted by atomic mass is 31.2.